The molecule has 0 aromatic heterocycles. The van der Waals surface area contributed by atoms with Crippen LogP contribution in [-0.4, -0.2) is 34.2 Å². The molecule has 1 aromatic carbocycles. The second-order valence-electron chi connectivity index (χ2n) is 5.30. The van der Waals surface area contributed by atoms with Gasteiger partial charge in [0.05, 0.1) is 0 Å². The third kappa shape index (κ3) is 3.92. The van der Waals surface area contributed by atoms with Crippen LogP contribution in [0.4, 0.5) is 0 Å². The third-order valence-electron chi connectivity index (χ3n) is 3.91. The Morgan fingerprint density at radius 3 is 2.95 bits per heavy atom. The van der Waals surface area contributed by atoms with Crippen molar-refractivity contribution in [3.8, 4) is 0 Å². The summed E-state index contributed by atoms with van der Waals surface area (Å²) in [5, 5.41) is 9.69. The lowest BCUT2D eigenvalue weighted by Gasteiger charge is -2.25. The van der Waals surface area contributed by atoms with Crippen molar-refractivity contribution in [1.29, 1.82) is 0 Å². The molecule has 3 N–H and O–H groups in total. The molecule has 0 spiro atoms. The van der Waals surface area contributed by atoms with Gasteiger partial charge >= 0.3 is 0 Å². The number of aliphatic hydroxyl groups is 1. The Labute approximate surface area is 130 Å². The zero-order valence-corrected chi connectivity index (χ0v) is 13.1. The summed E-state index contributed by atoms with van der Waals surface area (Å²) in [6.45, 7) is 2.23. The van der Waals surface area contributed by atoms with Crippen LogP contribution in [0, 0.1) is 0 Å². The molecule has 1 unspecified atom stereocenters. The molecule has 1 fully saturated rings. The molecular formula is C15H21ClN2OS. The second kappa shape index (κ2) is 7.36. The van der Waals surface area contributed by atoms with Crippen LogP contribution in [0.2, 0.25) is 5.02 Å². The van der Waals surface area contributed by atoms with Gasteiger partial charge in [-0.25, -0.2) is 0 Å². The minimum atomic E-state index is 0.272. The van der Waals surface area contributed by atoms with E-state index in [9.17, 15) is 0 Å². The topological polar surface area (TPSA) is 49.5 Å². The number of nitrogens with zero attached hydrogens (tertiary/aromatic N) is 1. The highest BCUT2D eigenvalue weighted by Crippen LogP contribution is 2.26. The summed E-state index contributed by atoms with van der Waals surface area (Å²) in [6.07, 6.45) is 4.36. The fraction of sp³-hybridized carbons (Fsp3) is 0.533. The van der Waals surface area contributed by atoms with E-state index in [4.69, 9.17) is 34.7 Å². The predicted molar refractivity (Wildman–Crippen MR) is 87.1 cm³/mol. The second-order valence-corrected chi connectivity index (χ2v) is 6.15. The van der Waals surface area contributed by atoms with E-state index in [0.29, 0.717) is 11.0 Å². The quantitative estimate of drug-likeness (QED) is 0.793. The number of nitrogens with two attached hydrogens (primary N) is 1. The highest BCUT2D eigenvalue weighted by Gasteiger charge is 2.24. The van der Waals surface area contributed by atoms with Gasteiger partial charge in [0.2, 0.25) is 0 Å². The van der Waals surface area contributed by atoms with Crippen LogP contribution in [0.25, 0.3) is 0 Å². The molecule has 1 saturated heterocycles. The Morgan fingerprint density at radius 1 is 1.50 bits per heavy atom. The smallest absolute Gasteiger partial charge is 0.104 e. The van der Waals surface area contributed by atoms with Crippen molar-refractivity contribution in [1.82, 2.24) is 4.90 Å². The number of likely N-dealkylation sites (tertiary alicyclic amines) is 1. The van der Waals surface area contributed by atoms with E-state index >= 15 is 0 Å². The Bertz CT molecular complexity index is 481. The van der Waals surface area contributed by atoms with Crippen LogP contribution in [0.15, 0.2) is 18.2 Å². The molecule has 1 atom stereocenters. The summed E-state index contributed by atoms with van der Waals surface area (Å²) in [4.78, 5) is 2.83. The molecule has 1 aliphatic heterocycles. The van der Waals surface area contributed by atoms with E-state index in [1.807, 2.05) is 18.2 Å². The van der Waals surface area contributed by atoms with E-state index in [2.05, 4.69) is 4.90 Å². The van der Waals surface area contributed by atoms with Gasteiger partial charge in [-0.15, -0.1) is 0 Å². The van der Waals surface area contributed by atoms with E-state index in [-0.39, 0.29) is 6.61 Å². The van der Waals surface area contributed by atoms with Gasteiger partial charge in [0.25, 0.3) is 0 Å². The molecule has 5 heteroatoms. The molecular weight excluding hydrogens is 292 g/mol. The van der Waals surface area contributed by atoms with Crippen molar-refractivity contribution in [3.63, 3.8) is 0 Å². The molecule has 1 heterocycles. The highest BCUT2D eigenvalue weighted by molar-refractivity contribution is 7.80. The minimum Gasteiger partial charge on any atom is -0.396 e. The van der Waals surface area contributed by atoms with E-state index < -0.39 is 0 Å². The molecule has 0 amide bonds. The van der Waals surface area contributed by atoms with Crippen LogP contribution in [0.1, 0.15) is 36.8 Å². The lowest BCUT2D eigenvalue weighted by molar-refractivity contribution is 0.210. The van der Waals surface area contributed by atoms with Crippen molar-refractivity contribution in [2.24, 2.45) is 5.73 Å². The van der Waals surface area contributed by atoms with Crippen LogP contribution in [0.3, 0.4) is 0 Å². The average Bonchev–Trinajstić information content (AvgIpc) is 2.85. The Balaban J connectivity index is 2.03. The van der Waals surface area contributed by atoms with E-state index in [0.717, 1.165) is 42.1 Å². The first-order valence-electron chi connectivity index (χ1n) is 7.05. The molecule has 0 aliphatic carbocycles. The number of halogens is 1. The van der Waals surface area contributed by atoms with Crippen LogP contribution < -0.4 is 5.73 Å². The van der Waals surface area contributed by atoms with Crippen LogP contribution in [-0.2, 0) is 6.54 Å². The van der Waals surface area contributed by atoms with Gasteiger partial charge in [0, 0.05) is 29.8 Å². The maximum Gasteiger partial charge on any atom is 0.104 e. The fourth-order valence-electron chi connectivity index (χ4n) is 2.80. The highest BCUT2D eigenvalue weighted by atomic mass is 35.5. The molecule has 0 bridgehead atoms. The van der Waals surface area contributed by atoms with Crippen molar-refractivity contribution < 1.29 is 5.11 Å². The number of benzene rings is 1. The zero-order valence-electron chi connectivity index (χ0n) is 11.5. The summed E-state index contributed by atoms with van der Waals surface area (Å²) in [6, 6.07) is 6.35. The van der Waals surface area contributed by atoms with E-state index in [1.54, 1.807) is 0 Å². The van der Waals surface area contributed by atoms with Crippen LogP contribution in [0.5, 0.6) is 0 Å². The van der Waals surface area contributed by atoms with Gasteiger partial charge in [0.1, 0.15) is 4.99 Å². The first kappa shape index (κ1) is 15.7. The standard InChI is InChI=1S/C15H21ClN2OS/c16-14-9-11(15(17)20)5-6-12(14)10-18-7-1-3-13(18)4-2-8-19/h5-6,9,13,19H,1-4,7-8,10H2,(H2,17,20). The molecule has 2 rings (SSSR count). The molecule has 110 valence electrons. The summed E-state index contributed by atoms with van der Waals surface area (Å²) in [5.74, 6) is 0. The zero-order chi connectivity index (χ0) is 14.5. The maximum atomic E-state index is 8.97. The summed E-state index contributed by atoms with van der Waals surface area (Å²) in [7, 11) is 0. The van der Waals surface area contributed by atoms with Crippen molar-refractivity contribution in [3.05, 3.63) is 34.3 Å². The van der Waals surface area contributed by atoms with Gasteiger partial charge in [0.15, 0.2) is 0 Å². The largest absolute Gasteiger partial charge is 0.396 e. The molecule has 20 heavy (non-hydrogen) atoms. The molecule has 0 radical (unpaired) electrons. The van der Waals surface area contributed by atoms with Gasteiger partial charge in [-0.05, 0) is 43.9 Å². The lowest BCUT2D eigenvalue weighted by Crippen LogP contribution is -2.29. The number of hydrogen-bond donors (Lipinski definition) is 2. The number of hydrogen-bond acceptors (Lipinski definition) is 3. The number of aliphatic hydroxyl groups excluding tert-OH is 1. The van der Waals surface area contributed by atoms with Gasteiger partial charge in [-0.3, -0.25) is 4.90 Å². The molecule has 0 saturated carbocycles. The van der Waals surface area contributed by atoms with Crippen molar-refractivity contribution in [2.75, 3.05) is 13.2 Å². The average molecular weight is 313 g/mol. The maximum absolute atomic E-state index is 8.97. The fourth-order valence-corrected chi connectivity index (χ4v) is 3.17. The summed E-state index contributed by atoms with van der Waals surface area (Å²) < 4.78 is 0. The van der Waals surface area contributed by atoms with Gasteiger partial charge in [-0.1, -0.05) is 36.0 Å². The molecule has 3 nitrogen and oxygen atoms in total. The van der Waals surface area contributed by atoms with Crippen molar-refractivity contribution >= 4 is 28.8 Å². The summed E-state index contributed by atoms with van der Waals surface area (Å²) >= 11 is 11.3. The minimum absolute atomic E-state index is 0.272. The van der Waals surface area contributed by atoms with E-state index in [1.165, 1.54) is 12.8 Å². The van der Waals surface area contributed by atoms with Gasteiger partial charge < -0.3 is 10.8 Å². The van der Waals surface area contributed by atoms with Gasteiger partial charge in [-0.2, -0.15) is 0 Å². The summed E-state index contributed by atoms with van der Waals surface area (Å²) in [5.41, 5.74) is 7.54. The monoisotopic (exact) mass is 312 g/mol. The van der Waals surface area contributed by atoms with Crippen molar-refractivity contribution in [2.45, 2.75) is 38.3 Å². The number of thiocarbonyl (C=S) groups is 1. The first-order valence-corrected chi connectivity index (χ1v) is 7.83. The SMILES string of the molecule is NC(=S)c1ccc(CN2CCCC2CCCO)c(Cl)c1. The molecule has 1 aromatic rings. The Hall–Kier alpha value is -0.680. The Kier molecular flexibility index (Phi) is 5.78. The lowest BCUT2D eigenvalue weighted by atomic mass is 10.1. The predicted octanol–water partition coefficient (Wildman–Crippen LogP) is 2.71. The Morgan fingerprint density at radius 2 is 2.30 bits per heavy atom. The molecule has 1 aliphatic rings. The third-order valence-corrected chi connectivity index (χ3v) is 4.49. The van der Waals surface area contributed by atoms with Crippen LogP contribution >= 0.6 is 23.8 Å². The number of rotatable bonds is 6. The first-order chi connectivity index (χ1) is 9.61. The normalized spacial score (nSPS) is 19.4.